The molecule has 2 aromatic rings. The maximum atomic E-state index is 5.75. The first kappa shape index (κ1) is 14.0. The van der Waals surface area contributed by atoms with E-state index in [2.05, 4.69) is 33.2 Å². The van der Waals surface area contributed by atoms with Crippen molar-refractivity contribution in [3.8, 4) is 0 Å². The van der Waals surface area contributed by atoms with Crippen LogP contribution in [0.25, 0.3) is 0 Å². The molecule has 19 heavy (non-hydrogen) atoms. The molecule has 1 aromatic carbocycles. The molecule has 1 unspecified atom stereocenters. The second-order valence-electron chi connectivity index (χ2n) is 4.36. The topological polar surface area (TPSA) is 55.9 Å². The lowest BCUT2D eigenvalue weighted by molar-refractivity contribution is 0.619. The molecule has 0 aliphatic rings. The van der Waals surface area contributed by atoms with Gasteiger partial charge in [-0.3, -0.25) is 0 Å². The molecule has 0 bridgehead atoms. The summed E-state index contributed by atoms with van der Waals surface area (Å²) in [6.07, 6.45) is 5.51. The molecule has 0 aliphatic heterocycles. The predicted octanol–water partition coefficient (Wildman–Crippen LogP) is 2.78. The quantitative estimate of drug-likeness (QED) is 0.823. The highest BCUT2D eigenvalue weighted by molar-refractivity contribution is 9.10. The van der Waals surface area contributed by atoms with Crippen molar-refractivity contribution in [1.82, 2.24) is 9.55 Å². The van der Waals surface area contributed by atoms with E-state index in [1.165, 1.54) is 0 Å². The largest absolute Gasteiger partial charge is 0.389 e. The lowest BCUT2D eigenvalue weighted by atomic mass is 10.1. The van der Waals surface area contributed by atoms with Gasteiger partial charge in [-0.2, -0.15) is 0 Å². The Kier molecular flexibility index (Phi) is 4.55. The Hall–Kier alpha value is -1.40. The number of halogens is 1. The number of imidazole rings is 1. The highest BCUT2D eigenvalue weighted by Gasteiger charge is 2.09. The Balaban J connectivity index is 2.12. The molecule has 1 heterocycles. The van der Waals surface area contributed by atoms with Gasteiger partial charge in [0, 0.05) is 40.7 Å². The number of hydrogen-bond donors (Lipinski definition) is 2. The van der Waals surface area contributed by atoms with Crippen LogP contribution in [0.1, 0.15) is 12.5 Å². The number of aromatic nitrogens is 2. The molecule has 2 rings (SSSR count). The Morgan fingerprint density at radius 3 is 3.00 bits per heavy atom. The molecular weight excluding hydrogens is 324 g/mol. The van der Waals surface area contributed by atoms with Crippen molar-refractivity contribution in [3.63, 3.8) is 0 Å². The number of anilines is 1. The summed E-state index contributed by atoms with van der Waals surface area (Å²) in [6.45, 7) is 2.93. The SMILES string of the molecule is CC(Cn1ccnc1)Nc1ccc(Br)cc1C(N)=S. The molecule has 4 nitrogen and oxygen atoms in total. The number of rotatable bonds is 5. The van der Waals surface area contributed by atoms with Gasteiger partial charge in [0.2, 0.25) is 0 Å². The number of thiocarbonyl (C=S) groups is 1. The first-order valence-electron chi connectivity index (χ1n) is 5.88. The van der Waals surface area contributed by atoms with E-state index in [1.54, 1.807) is 12.5 Å². The van der Waals surface area contributed by atoms with Gasteiger partial charge in [0.1, 0.15) is 4.99 Å². The van der Waals surface area contributed by atoms with E-state index in [1.807, 2.05) is 29.0 Å². The van der Waals surface area contributed by atoms with Gasteiger partial charge in [-0.1, -0.05) is 28.1 Å². The summed E-state index contributed by atoms with van der Waals surface area (Å²) < 4.78 is 2.99. The maximum absolute atomic E-state index is 5.75. The summed E-state index contributed by atoms with van der Waals surface area (Å²) in [5.41, 5.74) is 7.55. The first-order valence-corrected chi connectivity index (χ1v) is 7.08. The second-order valence-corrected chi connectivity index (χ2v) is 5.71. The van der Waals surface area contributed by atoms with Crippen LogP contribution in [0.3, 0.4) is 0 Å². The van der Waals surface area contributed by atoms with Crippen LogP contribution < -0.4 is 11.1 Å². The van der Waals surface area contributed by atoms with E-state index in [9.17, 15) is 0 Å². The lowest BCUT2D eigenvalue weighted by Crippen LogP contribution is -2.23. The zero-order chi connectivity index (χ0) is 13.8. The van der Waals surface area contributed by atoms with Crippen LogP contribution in [0.15, 0.2) is 41.4 Å². The van der Waals surface area contributed by atoms with Gasteiger partial charge in [-0.05, 0) is 25.1 Å². The number of benzene rings is 1. The van der Waals surface area contributed by atoms with Crippen LogP contribution in [0, 0.1) is 0 Å². The van der Waals surface area contributed by atoms with E-state index in [0.717, 1.165) is 22.3 Å². The summed E-state index contributed by atoms with van der Waals surface area (Å²) in [5.74, 6) is 0. The van der Waals surface area contributed by atoms with Crippen LogP contribution in [0.2, 0.25) is 0 Å². The van der Waals surface area contributed by atoms with Gasteiger partial charge in [0.15, 0.2) is 0 Å². The van der Waals surface area contributed by atoms with Crippen LogP contribution in [-0.4, -0.2) is 20.6 Å². The minimum absolute atomic E-state index is 0.239. The van der Waals surface area contributed by atoms with E-state index in [-0.39, 0.29) is 6.04 Å². The Morgan fingerprint density at radius 1 is 1.58 bits per heavy atom. The Labute approximate surface area is 126 Å². The summed E-state index contributed by atoms with van der Waals surface area (Å²) in [7, 11) is 0. The van der Waals surface area contributed by atoms with Crippen molar-refractivity contribution >= 4 is 38.8 Å². The van der Waals surface area contributed by atoms with E-state index in [0.29, 0.717) is 4.99 Å². The average molecular weight is 339 g/mol. The fourth-order valence-electron chi connectivity index (χ4n) is 1.87. The van der Waals surface area contributed by atoms with Gasteiger partial charge in [0.05, 0.1) is 6.33 Å². The van der Waals surface area contributed by atoms with Crippen molar-refractivity contribution in [3.05, 3.63) is 47.0 Å². The first-order chi connectivity index (χ1) is 9.06. The van der Waals surface area contributed by atoms with Crippen molar-refractivity contribution in [2.45, 2.75) is 19.5 Å². The molecule has 1 aromatic heterocycles. The zero-order valence-corrected chi connectivity index (χ0v) is 12.9. The van der Waals surface area contributed by atoms with Crippen molar-refractivity contribution < 1.29 is 0 Å². The van der Waals surface area contributed by atoms with Gasteiger partial charge in [-0.15, -0.1) is 0 Å². The van der Waals surface area contributed by atoms with Crippen molar-refractivity contribution in [1.29, 1.82) is 0 Å². The number of hydrogen-bond acceptors (Lipinski definition) is 3. The van der Waals surface area contributed by atoms with E-state index in [4.69, 9.17) is 18.0 Å². The Morgan fingerprint density at radius 2 is 2.37 bits per heavy atom. The van der Waals surface area contributed by atoms with Crippen LogP contribution in [0.5, 0.6) is 0 Å². The van der Waals surface area contributed by atoms with Crippen LogP contribution in [-0.2, 0) is 6.54 Å². The van der Waals surface area contributed by atoms with Crippen LogP contribution in [0.4, 0.5) is 5.69 Å². The zero-order valence-electron chi connectivity index (χ0n) is 10.5. The monoisotopic (exact) mass is 338 g/mol. The molecule has 0 saturated heterocycles. The lowest BCUT2D eigenvalue weighted by Gasteiger charge is -2.18. The molecule has 0 spiro atoms. The van der Waals surface area contributed by atoms with Crippen molar-refractivity contribution in [2.24, 2.45) is 5.73 Å². The fraction of sp³-hybridized carbons (Fsp3) is 0.231. The fourth-order valence-corrected chi connectivity index (χ4v) is 2.40. The van der Waals surface area contributed by atoms with Gasteiger partial charge < -0.3 is 15.6 Å². The maximum Gasteiger partial charge on any atom is 0.106 e. The molecule has 0 aliphatic carbocycles. The second kappa shape index (κ2) is 6.16. The standard InChI is InChI=1S/C13H15BrN4S/c1-9(7-18-5-4-16-8-18)17-12-3-2-10(14)6-11(12)13(15)19/h2-6,8-9,17H,7H2,1H3,(H2,15,19). The highest BCUT2D eigenvalue weighted by atomic mass is 79.9. The van der Waals surface area contributed by atoms with Gasteiger partial charge in [-0.25, -0.2) is 4.98 Å². The van der Waals surface area contributed by atoms with Crippen molar-refractivity contribution in [2.75, 3.05) is 5.32 Å². The predicted molar refractivity (Wildman–Crippen MR) is 85.3 cm³/mol. The molecule has 0 fully saturated rings. The number of nitrogens with zero attached hydrogens (tertiary/aromatic N) is 2. The van der Waals surface area contributed by atoms with E-state index < -0.39 is 0 Å². The summed E-state index contributed by atoms with van der Waals surface area (Å²) in [5, 5.41) is 3.42. The Bertz CT molecular complexity index is 568. The number of nitrogens with one attached hydrogen (secondary N) is 1. The minimum atomic E-state index is 0.239. The molecule has 0 saturated carbocycles. The summed E-state index contributed by atoms with van der Waals surface area (Å²) >= 11 is 8.50. The van der Waals surface area contributed by atoms with Crippen LogP contribution >= 0.6 is 28.1 Å². The molecule has 3 N–H and O–H groups in total. The molecule has 1 atom stereocenters. The molecular formula is C13H15BrN4S. The third-order valence-electron chi connectivity index (χ3n) is 2.69. The van der Waals surface area contributed by atoms with E-state index >= 15 is 0 Å². The molecule has 0 amide bonds. The highest BCUT2D eigenvalue weighted by Crippen LogP contribution is 2.22. The summed E-state index contributed by atoms with van der Waals surface area (Å²) in [6, 6.07) is 6.11. The normalized spacial score (nSPS) is 12.1. The smallest absolute Gasteiger partial charge is 0.106 e. The van der Waals surface area contributed by atoms with Gasteiger partial charge >= 0.3 is 0 Å². The number of nitrogens with two attached hydrogens (primary N) is 1. The minimum Gasteiger partial charge on any atom is -0.389 e. The average Bonchev–Trinajstić information content (AvgIpc) is 2.83. The molecule has 0 radical (unpaired) electrons. The van der Waals surface area contributed by atoms with Gasteiger partial charge in [0.25, 0.3) is 0 Å². The molecule has 6 heteroatoms. The third-order valence-corrected chi connectivity index (χ3v) is 3.41. The third kappa shape index (κ3) is 3.78. The molecule has 100 valence electrons. The summed E-state index contributed by atoms with van der Waals surface area (Å²) in [4.78, 5) is 4.42.